The molecular formula is C33H47ClN2O4. The van der Waals surface area contributed by atoms with E-state index in [1.165, 1.54) is 5.56 Å². The van der Waals surface area contributed by atoms with Gasteiger partial charge in [0.25, 0.3) is 5.91 Å². The van der Waals surface area contributed by atoms with Crippen molar-refractivity contribution in [3.63, 3.8) is 0 Å². The van der Waals surface area contributed by atoms with Crippen molar-refractivity contribution in [3.05, 3.63) is 52.5 Å². The first-order chi connectivity index (χ1) is 18.4. The van der Waals surface area contributed by atoms with Gasteiger partial charge in [-0.05, 0) is 59.9 Å². The Balaban J connectivity index is 2.21. The van der Waals surface area contributed by atoms with E-state index in [9.17, 15) is 14.4 Å². The standard InChI is InChI=1S/C33H47ClN2O4/c1-11-26(40-27-17-14-21(32(7,8)12-2)18-23(27)33(9,10)13-3)30(39)35-22-15-16-25(24(34)19-22)36-29(38)20-28(37)31(4,5)6/h14-19,26H,11-13,20H2,1-10H3,(H,35,39)(H,36,38). The number of ether oxygens (including phenoxy) is 1. The minimum atomic E-state index is -0.710. The number of hydrogen-bond acceptors (Lipinski definition) is 4. The van der Waals surface area contributed by atoms with Gasteiger partial charge in [0.05, 0.1) is 17.1 Å². The van der Waals surface area contributed by atoms with Crippen LogP contribution in [0.5, 0.6) is 5.75 Å². The highest BCUT2D eigenvalue weighted by atomic mass is 35.5. The molecule has 7 heteroatoms. The van der Waals surface area contributed by atoms with Gasteiger partial charge in [-0.25, -0.2) is 0 Å². The first kappa shape index (κ1) is 33.3. The predicted molar refractivity (Wildman–Crippen MR) is 166 cm³/mol. The number of carbonyl (C=O) groups is 3. The van der Waals surface area contributed by atoms with Crippen LogP contribution in [0, 0.1) is 5.41 Å². The van der Waals surface area contributed by atoms with Gasteiger partial charge in [-0.3, -0.25) is 14.4 Å². The van der Waals surface area contributed by atoms with Gasteiger partial charge in [0.15, 0.2) is 6.10 Å². The minimum absolute atomic E-state index is 0.0334. The highest BCUT2D eigenvalue weighted by molar-refractivity contribution is 6.34. The third-order valence-corrected chi connectivity index (χ3v) is 8.17. The number of ketones is 1. The van der Waals surface area contributed by atoms with Gasteiger partial charge < -0.3 is 15.4 Å². The van der Waals surface area contributed by atoms with Gasteiger partial charge in [0.2, 0.25) is 5.91 Å². The molecule has 2 aromatic carbocycles. The van der Waals surface area contributed by atoms with E-state index >= 15 is 0 Å². The van der Waals surface area contributed by atoms with Crippen LogP contribution in [0.25, 0.3) is 0 Å². The van der Waals surface area contributed by atoms with Crippen LogP contribution in [-0.2, 0) is 25.2 Å². The maximum Gasteiger partial charge on any atom is 0.265 e. The van der Waals surface area contributed by atoms with Crippen molar-refractivity contribution in [3.8, 4) is 5.75 Å². The molecule has 2 N–H and O–H groups in total. The van der Waals surface area contributed by atoms with Crippen LogP contribution in [0.15, 0.2) is 36.4 Å². The van der Waals surface area contributed by atoms with Crippen molar-refractivity contribution < 1.29 is 19.1 Å². The van der Waals surface area contributed by atoms with Gasteiger partial charge in [0.1, 0.15) is 11.5 Å². The van der Waals surface area contributed by atoms with Crippen LogP contribution in [-0.4, -0.2) is 23.7 Å². The van der Waals surface area contributed by atoms with Crippen LogP contribution in [0.4, 0.5) is 11.4 Å². The lowest BCUT2D eigenvalue weighted by molar-refractivity contribution is -0.130. The number of anilines is 2. The largest absolute Gasteiger partial charge is 0.480 e. The Bertz CT molecular complexity index is 1230. The normalized spacial score (nSPS) is 13.0. The van der Waals surface area contributed by atoms with Gasteiger partial charge in [0, 0.05) is 16.7 Å². The second kappa shape index (κ2) is 13.2. The predicted octanol–water partition coefficient (Wildman–Crippen LogP) is 8.46. The van der Waals surface area contributed by atoms with E-state index in [1.807, 2.05) is 13.0 Å². The van der Waals surface area contributed by atoms with Gasteiger partial charge >= 0.3 is 0 Å². The van der Waals surface area contributed by atoms with E-state index in [-0.39, 0.29) is 34.0 Å². The molecule has 0 aliphatic rings. The van der Waals surface area contributed by atoms with E-state index in [4.69, 9.17) is 16.3 Å². The van der Waals surface area contributed by atoms with Crippen molar-refractivity contribution >= 4 is 40.6 Å². The molecule has 0 bridgehead atoms. The third kappa shape index (κ3) is 8.57. The molecule has 0 aliphatic heterocycles. The summed E-state index contributed by atoms with van der Waals surface area (Å²) in [7, 11) is 0. The lowest BCUT2D eigenvalue weighted by atomic mass is 9.76. The van der Waals surface area contributed by atoms with E-state index in [0.29, 0.717) is 23.5 Å². The Kier molecular flexibility index (Phi) is 11.0. The molecular weight excluding hydrogens is 524 g/mol. The molecule has 0 fully saturated rings. The zero-order valence-corrected chi connectivity index (χ0v) is 26.6. The molecule has 2 aromatic rings. The highest BCUT2D eigenvalue weighted by Gasteiger charge is 2.29. The molecule has 0 radical (unpaired) electrons. The van der Waals surface area contributed by atoms with E-state index < -0.39 is 17.4 Å². The molecule has 2 rings (SSSR count). The number of Topliss-reactive ketones (excluding diaryl/α,β-unsaturated/α-hetero) is 1. The lowest BCUT2D eigenvalue weighted by Crippen LogP contribution is -2.33. The zero-order chi connectivity index (χ0) is 30.5. The average molecular weight is 571 g/mol. The Hall–Kier alpha value is -2.86. The molecule has 6 nitrogen and oxygen atoms in total. The molecule has 0 heterocycles. The van der Waals surface area contributed by atoms with Crippen LogP contribution in [0.2, 0.25) is 5.02 Å². The van der Waals surface area contributed by atoms with Crippen LogP contribution >= 0.6 is 11.6 Å². The smallest absolute Gasteiger partial charge is 0.265 e. The highest BCUT2D eigenvalue weighted by Crippen LogP contribution is 2.39. The number of benzene rings is 2. The van der Waals surface area contributed by atoms with Crippen LogP contribution in [0.1, 0.15) is 106 Å². The van der Waals surface area contributed by atoms with Gasteiger partial charge in [-0.15, -0.1) is 0 Å². The summed E-state index contributed by atoms with van der Waals surface area (Å²) in [6.07, 6.45) is 1.47. The Morgan fingerprint density at radius 2 is 1.48 bits per heavy atom. The zero-order valence-electron chi connectivity index (χ0n) is 25.9. The fourth-order valence-corrected chi connectivity index (χ4v) is 4.20. The van der Waals surface area contributed by atoms with E-state index in [0.717, 1.165) is 18.4 Å². The topological polar surface area (TPSA) is 84.5 Å². The molecule has 40 heavy (non-hydrogen) atoms. The summed E-state index contributed by atoms with van der Waals surface area (Å²) in [4.78, 5) is 37.7. The Labute approximate surface area is 245 Å². The first-order valence-corrected chi connectivity index (χ1v) is 14.6. The van der Waals surface area contributed by atoms with Crippen molar-refractivity contribution in [1.82, 2.24) is 0 Å². The second-order valence-electron chi connectivity index (χ2n) is 12.8. The summed E-state index contributed by atoms with van der Waals surface area (Å²) in [6, 6.07) is 11.2. The van der Waals surface area contributed by atoms with Gasteiger partial charge in [-0.1, -0.05) is 93.0 Å². The molecule has 0 spiro atoms. The number of carbonyl (C=O) groups excluding carboxylic acids is 3. The quantitative estimate of drug-likeness (QED) is 0.251. The molecule has 0 aliphatic carbocycles. The number of amides is 2. The Morgan fingerprint density at radius 3 is 2.00 bits per heavy atom. The fraction of sp³-hybridized carbons (Fsp3) is 0.545. The number of nitrogens with one attached hydrogen (secondary N) is 2. The van der Waals surface area contributed by atoms with E-state index in [1.54, 1.807) is 39.0 Å². The molecule has 0 saturated carbocycles. The van der Waals surface area contributed by atoms with Crippen molar-refractivity contribution in [1.29, 1.82) is 0 Å². The fourth-order valence-electron chi connectivity index (χ4n) is 3.98. The SMILES string of the molecule is CCC(Oc1ccc(C(C)(C)CC)cc1C(C)(C)CC)C(=O)Nc1ccc(NC(=O)CC(=O)C(C)(C)C)c(Cl)c1. The summed E-state index contributed by atoms with van der Waals surface area (Å²) < 4.78 is 6.36. The molecule has 0 aromatic heterocycles. The molecule has 1 unspecified atom stereocenters. The monoisotopic (exact) mass is 570 g/mol. The molecule has 2 amide bonds. The molecule has 0 saturated heterocycles. The van der Waals surface area contributed by atoms with Gasteiger partial charge in [-0.2, -0.15) is 0 Å². The maximum absolute atomic E-state index is 13.3. The van der Waals surface area contributed by atoms with Crippen LogP contribution in [0.3, 0.4) is 0 Å². The summed E-state index contributed by atoms with van der Waals surface area (Å²) in [5.41, 5.74) is 2.50. The lowest BCUT2D eigenvalue weighted by Gasteiger charge is -2.31. The number of halogens is 1. The summed E-state index contributed by atoms with van der Waals surface area (Å²) in [5.74, 6) is -0.170. The minimum Gasteiger partial charge on any atom is -0.480 e. The van der Waals surface area contributed by atoms with Crippen LogP contribution < -0.4 is 15.4 Å². The summed E-state index contributed by atoms with van der Waals surface area (Å²) >= 11 is 6.39. The first-order valence-electron chi connectivity index (χ1n) is 14.2. The molecule has 1 atom stereocenters. The van der Waals surface area contributed by atoms with Crippen molar-refractivity contribution in [2.24, 2.45) is 5.41 Å². The van der Waals surface area contributed by atoms with E-state index in [2.05, 4.69) is 64.3 Å². The third-order valence-electron chi connectivity index (χ3n) is 7.86. The second-order valence-corrected chi connectivity index (χ2v) is 13.2. The summed E-state index contributed by atoms with van der Waals surface area (Å²) in [6.45, 7) is 20.4. The number of hydrogen-bond donors (Lipinski definition) is 2. The number of rotatable bonds is 12. The average Bonchev–Trinajstić information content (AvgIpc) is 2.88. The maximum atomic E-state index is 13.3. The van der Waals surface area contributed by atoms with Crippen molar-refractivity contribution in [2.45, 2.75) is 112 Å². The summed E-state index contributed by atoms with van der Waals surface area (Å²) in [5, 5.41) is 5.82. The van der Waals surface area contributed by atoms with Crippen molar-refractivity contribution in [2.75, 3.05) is 10.6 Å². The Morgan fingerprint density at radius 1 is 0.850 bits per heavy atom. The molecule has 220 valence electrons.